The first-order valence-electron chi connectivity index (χ1n) is 23.8. The van der Waals surface area contributed by atoms with Crippen molar-refractivity contribution in [1.82, 2.24) is 0 Å². The fourth-order valence-corrected chi connectivity index (χ4v) is 10.8. The molecule has 0 bridgehead atoms. The second kappa shape index (κ2) is 21.0. The summed E-state index contributed by atoms with van der Waals surface area (Å²) in [5, 5.41) is 0. The van der Waals surface area contributed by atoms with Gasteiger partial charge < -0.3 is 9.47 Å². The molecule has 312 valence electrons. The summed E-state index contributed by atoms with van der Waals surface area (Å²) in [6.45, 7) is 12.0. The molecular formula is C57H72O2. The molecule has 0 aromatic heterocycles. The number of ether oxygens (including phenoxy) is 2. The van der Waals surface area contributed by atoms with Gasteiger partial charge in [0.25, 0.3) is 0 Å². The number of unbranched alkanes of at least 4 members (excludes halogenated alkanes) is 9. The van der Waals surface area contributed by atoms with Gasteiger partial charge in [-0.15, -0.1) is 0 Å². The number of hydrogen-bond donors (Lipinski definition) is 0. The fourth-order valence-electron chi connectivity index (χ4n) is 10.8. The topological polar surface area (TPSA) is 18.5 Å². The summed E-state index contributed by atoms with van der Waals surface area (Å²) in [4.78, 5) is 0. The number of hydrogen-bond acceptors (Lipinski definition) is 2. The summed E-state index contributed by atoms with van der Waals surface area (Å²) in [6, 6.07) is 43.6. The van der Waals surface area contributed by atoms with Gasteiger partial charge in [0.2, 0.25) is 0 Å². The number of aryl methyl sites for hydroxylation is 2. The van der Waals surface area contributed by atoms with Crippen molar-refractivity contribution in [3.05, 3.63) is 154 Å². The molecule has 59 heavy (non-hydrogen) atoms. The molecular weight excluding hydrogens is 717 g/mol. The standard InChI is InChI=1S/C57H72O2/c1-5-9-11-13-15-21-39-56(38-20-14-12-10-6-2)52-28-18-16-26-48(52)50-43-55-51(42-54(50)56)49-27-17-19-29-53(49)57(55,46-34-30-44(31-35-46)24-22-40-58-7-3)47-36-32-45(33-37-47)25-23-41-59-8-4/h16-19,26-37,42-43H,5-15,20-25,38-41H2,1-4H3. The van der Waals surface area contributed by atoms with Crippen molar-refractivity contribution in [2.24, 2.45) is 0 Å². The van der Waals surface area contributed by atoms with Crippen LogP contribution in [0.3, 0.4) is 0 Å². The van der Waals surface area contributed by atoms with Crippen molar-refractivity contribution in [3.63, 3.8) is 0 Å². The molecule has 2 aliphatic carbocycles. The second-order valence-corrected chi connectivity index (χ2v) is 17.5. The SMILES string of the molecule is CCCCCCCCC1(CCCCCCC)c2ccccc2-c2cc3c(cc21)-c1ccccc1C3(c1ccc(CCCOCC)cc1)c1ccc(CCCOCC)cc1. The van der Waals surface area contributed by atoms with Crippen molar-refractivity contribution >= 4 is 0 Å². The van der Waals surface area contributed by atoms with Crippen LogP contribution in [0.4, 0.5) is 0 Å². The lowest BCUT2D eigenvalue weighted by atomic mass is 9.66. The van der Waals surface area contributed by atoms with Crippen LogP contribution in [0.15, 0.2) is 109 Å². The van der Waals surface area contributed by atoms with Gasteiger partial charge in [-0.05, 0) is 131 Å². The normalized spacial score (nSPS) is 15.9. The van der Waals surface area contributed by atoms with Crippen molar-refractivity contribution < 1.29 is 9.47 Å². The Kier molecular flexibility index (Phi) is 15.4. The van der Waals surface area contributed by atoms with E-state index in [2.05, 4.69) is 137 Å². The van der Waals surface area contributed by atoms with Crippen LogP contribution >= 0.6 is 0 Å². The van der Waals surface area contributed by atoms with Crippen LogP contribution in [0.25, 0.3) is 22.3 Å². The highest BCUT2D eigenvalue weighted by Crippen LogP contribution is 2.61. The Balaban J connectivity index is 1.38. The Morgan fingerprint density at radius 3 is 1.36 bits per heavy atom. The maximum absolute atomic E-state index is 5.71. The molecule has 0 amide bonds. The molecule has 1 atom stereocenters. The van der Waals surface area contributed by atoms with E-state index in [9.17, 15) is 0 Å². The number of benzene rings is 5. The Bertz CT molecular complexity index is 2000. The third-order valence-electron chi connectivity index (χ3n) is 13.8. The first-order chi connectivity index (χ1) is 29.1. The molecule has 0 heterocycles. The van der Waals surface area contributed by atoms with E-state index < -0.39 is 5.41 Å². The maximum Gasteiger partial charge on any atom is 0.0713 e. The summed E-state index contributed by atoms with van der Waals surface area (Å²) in [5.41, 5.74) is 16.8. The van der Waals surface area contributed by atoms with Crippen LogP contribution in [0.5, 0.6) is 0 Å². The molecule has 2 aliphatic rings. The summed E-state index contributed by atoms with van der Waals surface area (Å²) < 4.78 is 11.4. The third-order valence-corrected chi connectivity index (χ3v) is 13.8. The minimum Gasteiger partial charge on any atom is -0.382 e. The second-order valence-electron chi connectivity index (χ2n) is 17.5. The predicted octanol–water partition coefficient (Wildman–Crippen LogP) is 15.4. The Hall–Kier alpha value is -3.98. The molecule has 5 aromatic rings. The van der Waals surface area contributed by atoms with E-state index in [1.165, 1.54) is 139 Å². The molecule has 0 aliphatic heterocycles. The largest absolute Gasteiger partial charge is 0.382 e. The van der Waals surface area contributed by atoms with Crippen molar-refractivity contribution in [2.45, 2.75) is 148 Å². The quantitative estimate of drug-likeness (QED) is 0.0538. The summed E-state index contributed by atoms with van der Waals surface area (Å²) in [6.07, 6.45) is 21.2. The Labute approximate surface area is 358 Å². The average Bonchev–Trinajstić information content (AvgIpc) is 3.72. The molecule has 1 unspecified atom stereocenters. The monoisotopic (exact) mass is 789 g/mol. The van der Waals surface area contributed by atoms with E-state index >= 15 is 0 Å². The lowest BCUT2D eigenvalue weighted by Gasteiger charge is -2.35. The molecule has 0 fully saturated rings. The van der Waals surface area contributed by atoms with Gasteiger partial charge in [0, 0.05) is 31.8 Å². The highest BCUT2D eigenvalue weighted by Gasteiger charge is 2.49. The molecule has 0 spiro atoms. The Morgan fingerprint density at radius 2 is 0.831 bits per heavy atom. The van der Waals surface area contributed by atoms with E-state index in [1.54, 1.807) is 11.1 Å². The van der Waals surface area contributed by atoms with Crippen LogP contribution in [0.2, 0.25) is 0 Å². The van der Waals surface area contributed by atoms with Crippen molar-refractivity contribution in [3.8, 4) is 22.3 Å². The van der Waals surface area contributed by atoms with Crippen LogP contribution in [-0.4, -0.2) is 26.4 Å². The molecule has 7 rings (SSSR count). The van der Waals surface area contributed by atoms with Crippen molar-refractivity contribution in [1.29, 1.82) is 0 Å². The van der Waals surface area contributed by atoms with E-state index in [0.29, 0.717) is 0 Å². The molecule has 2 heteroatoms. The molecule has 0 saturated carbocycles. The predicted molar refractivity (Wildman–Crippen MR) is 251 cm³/mol. The van der Waals surface area contributed by atoms with Crippen LogP contribution in [0.1, 0.15) is 169 Å². The van der Waals surface area contributed by atoms with Gasteiger partial charge >= 0.3 is 0 Å². The molecule has 0 radical (unpaired) electrons. The molecule has 0 N–H and O–H groups in total. The molecule has 2 nitrogen and oxygen atoms in total. The van der Waals surface area contributed by atoms with Gasteiger partial charge in [-0.3, -0.25) is 0 Å². The smallest absolute Gasteiger partial charge is 0.0713 e. The van der Waals surface area contributed by atoms with E-state index in [4.69, 9.17) is 9.47 Å². The first kappa shape index (κ1) is 43.1. The third kappa shape index (κ3) is 9.06. The van der Waals surface area contributed by atoms with Crippen molar-refractivity contribution in [2.75, 3.05) is 26.4 Å². The lowest BCUT2D eigenvalue weighted by Crippen LogP contribution is -2.29. The van der Waals surface area contributed by atoms with E-state index in [0.717, 1.165) is 52.1 Å². The summed E-state index contributed by atoms with van der Waals surface area (Å²) in [5.74, 6) is 0. The van der Waals surface area contributed by atoms with Gasteiger partial charge in [-0.2, -0.15) is 0 Å². The van der Waals surface area contributed by atoms with Gasteiger partial charge in [0.1, 0.15) is 0 Å². The van der Waals surface area contributed by atoms with Crippen LogP contribution in [0, 0.1) is 0 Å². The van der Waals surface area contributed by atoms with E-state index in [1.807, 2.05) is 0 Å². The lowest BCUT2D eigenvalue weighted by molar-refractivity contribution is 0.145. The first-order valence-corrected chi connectivity index (χ1v) is 23.8. The van der Waals surface area contributed by atoms with Gasteiger partial charge in [-0.25, -0.2) is 0 Å². The number of rotatable bonds is 25. The maximum atomic E-state index is 5.71. The van der Waals surface area contributed by atoms with Crippen LogP contribution in [-0.2, 0) is 33.1 Å². The number of fused-ring (bicyclic) bond motifs is 6. The zero-order valence-electron chi connectivity index (χ0n) is 37.1. The minimum atomic E-state index is -0.436. The molecule has 0 saturated heterocycles. The fraction of sp³-hybridized carbons (Fsp3) is 0.474. The van der Waals surface area contributed by atoms with Crippen LogP contribution < -0.4 is 0 Å². The zero-order chi connectivity index (χ0) is 40.9. The van der Waals surface area contributed by atoms with E-state index in [-0.39, 0.29) is 5.41 Å². The minimum absolute atomic E-state index is 0.0460. The van der Waals surface area contributed by atoms with Gasteiger partial charge in [-0.1, -0.05) is 182 Å². The van der Waals surface area contributed by atoms with Gasteiger partial charge in [0.05, 0.1) is 5.41 Å². The highest BCUT2D eigenvalue weighted by atomic mass is 16.5. The summed E-state index contributed by atoms with van der Waals surface area (Å²) in [7, 11) is 0. The zero-order valence-corrected chi connectivity index (χ0v) is 37.1. The molecule has 5 aromatic carbocycles. The van der Waals surface area contributed by atoms with Gasteiger partial charge in [0.15, 0.2) is 0 Å². The Morgan fingerprint density at radius 1 is 0.390 bits per heavy atom. The summed E-state index contributed by atoms with van der Waals surface area (Å²) >= 11 is 0. The average molecular weight is 789 g/mol. The highest BCUT2D eigenvalue weighted by molar-refractivity contribution is 5.92.